The van der Waals surface area contributed by atoms with Crippen LogP contribution in [-0.2, 0) is 0 Å². The number of anilines is 1. The average molecular weight is 161 g/mol. The molecule has 0 saturated heterocycles. The summed E-state index contributed by atoms with van der Waals surface area (Å²) in [7, 11) is 0. The first-order chi connectivity index (χ1) is 5.18. The van der Waals surface area contributed by atoms with Gasteiger partial charge in [0.1, 0.15) is 5.82 Å². The first-order valence-electron chi connectivity index (χ1n) is 2.71. The van der Waals surface area contributed by atoms with Crippen LogP contribution in [0, 0.1) is 0 Å². The van der Waals surface area contributed by atoms with E-state index in [1.54, 1.807) is 0 Å². The van der Waals surface area contributed by atoms with Gasteiger partial charge >= 0.3 is 6.61 Å². The Morgan fingerprint density at radius 2 is 2.09 bits per heavy atom. The van der Waals surface area contributed by atoms with Crippen LogP contribution in [0.15, 0.2) is 12.4 Å². The quantitative estimate of drug-likeness (QED) is 0.692. The highest BCUT2D eigenvalue weighted by Gasteiger charge is 2.04. The van der Waals surface area contributed by atoms with Gasteiger partial charge in [0.2, 0.25) is 5.88 Å². The highest BCUT2D eigenvalue weighted by molar-refractivity contribution is 5.24. The van der Waals surface area contributed by atoms with Gasteiger partial charge in [-0.15, -0.1) is 0 Å². The third kappa shape index (κ3) is 2.32. The van der Waals surface area contributed by atoms with Crippen molar-refractivity contribution in [3.8, 4) is 5.88 Å². The molecule has 0 radical (unpaired) electrons. The van der Waals surface area contributed by atoms with Gasteiger partial charge in [0.05, 0.1) is 12.4 Å². The van der Waals surface area contributed by atoms with Gasteiger partial charge in [0.15, 0.2) is 0 Å². The van der Waals surface area contributed by atoms with Crippen molar-refractivity contribution in [2.45, 2.75) is 6.61 Å². The van der Waals surface area contributed by atoms with E-state index in [-0.39, 0.29) is 11.7 Å². The Bertz CT molecular complexity index is 226. The fraction of sp³-hybridized carbons (Fsp3) is 0.200. The molecule has 11 heavy (non-hydrogen) atoms. The van der Waals surface area contributed by atoms with Crippen LogP contribution in [0.1, 0.15) is 0 Å². The Labute approximate surface area is 61.0 Å². The molecular formula is C5H5F2N3O. The number of nitrogen functional groups attached to an aromatic ring is 1. The maximum Gasteiger partial charge on any atom is 0.388 e. The van der Waals surface area contributed by atoms with Crippen LogP contribution < -0.4 is 10.5 Å². The molecule has 0 spiro atoms. The monoisotopic (exact) mass is 161 g/mol. The number of rotatable bonds is 2. The van der Waals surface area contributed by atoms with E-state index in [0.29, 0.717) is 0 Å². The van der Waals surface area contributed by atoms with Crippen molar-refractivity contribution in [2.75, 3.05) is 5.73 Å². The van der Waals surface area contributed by atoms with Crippen LogP contribution in [0.2, 0.25) is 0 Å². The van der Waals surface area contributed by atoms with Crippen molar-refractivity contribution in [3.63, 3.8) is 0 Å². The smallest absolute Gasteiger partial charge is 0.388 e. The molecule has 1 aromatic rings. The SMILES string of the molecule is Nc1cnc(OC(F)F)cn1. The van der Waals surface area contributed by atoms with Crippen LogP contribution in [0.25, 0.3) is 0 Å². The maximum absolute atomic E-state index is 11.5. The second-order valence-corrected chi connectivity index (χ2v) is 1.66. The molecule has 0 bridgehead atoms. The van der Waals surface area contributed by atoms with Crippen LogP contribution in [-0.4, -0.2) is 16.6 Å². The topological polar surface area (TPSA) is 61.0 Å². The third-order valence-corrected chi connectivity index (χ3v) is 0.858. The number of nitrogens with zero attached hydrogens (tertiary/aromatic N) is 2. The number of hydrogen-bond donors (Lipinski definition) is 1. The predicted octanol–water partition coefficient (Wildman–Crippen LogP) is 0.660. The van der Waals surface area contributed by atoms with Crippen molar-refractivity contribution >= 4 is 5.82 Å². The number of nitrogens with two attached hydrogens (primary N) is 1. The van der Waals surface area contributed by atoms with Crippen LogP contribution in [0.4, 0.5) is 14.6 Å². The summed E-state index contributed by atoms with van der Waals surface area (Å²) in [5, 5.41) is 0. The number of halogens is 2. The first kappa shape index (κ1) is 7.64. The van der Waals surface area contributed by atoms with Crippen molar-refractivity contribution in [1.82, 2.24) is 9.97 Å². The molecule has 1 aromatic heterocycles. The fourth-order valence-corrected chi connectivity index (χ4v) is 0.478. The summed E-state index contributed by atoms with van der Waals surface area (Å²) in [6, 6.07) is 0. The number of ether oxygens (including phenoxy) is 1. The molecule has 60 valence electrons. The molecule has 2 N–H and O–H groups in total. The molecule has 0 aliphatic carbocycles. The minimum Gasteiger partial charge on any atom is -0.415 e. The van der Waals surface area contributed by atoms with Gasteiger partial charge in [-0.05, 0) is 0 Å². The molecule has 0 aliphatic rings. The Morgan fingerprint density at radius 3 is 2.55 bits per heavy atom. The Morgan fingerprint density at radius 1 is 1.36 bits per heavy atom. The molecule has 0 unspecified atom stereocenters. The third-order valence-electron chi connectivity index (χ3n) is 0.858. The van der Waals surface area contributed by atoms with Gasteiger partial charge in [0, 0.05) is 0 Å². The van der Waals surface area contributed by atoms with Gasteiger partial charge in [-0.3, -0.25) is 0 Å². The van der Waals surface area contributed by atoms with Crippen LogP contribution >= 0.6 is 0 Å². The highest BCUT2D eigenvalue weighted by Crippen LogP contribution is 2.07. The lowest BCUT2D eigenvalue weighted by Crippen LogP contribution is -2.04. The molecule has 0 fully saturated rings. The fourth-order valence-electron chi connectivity index (χ4n) is 0.478. The van der Waals surface area contributed by atoms with E-state index in [0.717, 1.165) is 12.4 Å². The zero-order valence-electron chi connectivity index (χ0n) is 5.37. The lowest BCUT2D eigenvalue weighted by molar-refractivity contribution is -0.0530. The average Bonchev–Trinajstić information content (AvgIpc) is 1.93. The number of alkyl halides is 2. The van der Waals surface area contributed by atoms with Gasteiger partial charge in [-0.1, -0.05) is 0 Å². The zero-order chi connectivity index (χ0) is 8.27. The van der Waals surface area contributed by atoms with E-state index in [1.807, 2.05) is 0 Å². The van der Waals surface area contributed by atoms with E-state index in [4.69, 9.17) is 5.73 Å². The van der Waals surface area contributed by atoms with E-state index < -0.39 is 6.61 Å². The van der Waals surface area contributed by atoms with Gasteiger partial charge < -0.3 is 10.5 Å². The van der Waals surface area contributed by atoms with E-state index in [1.165, 1.54) is 0 Å². The van der Waals surface area contributed by atoms with Gasteiger partial charge in [-0.25, -0.2) is 9.97 Å². The lowest BCUT2D eigenvalue weighted by atomic mass is 10.7. The Balaban J connectivity index is 2.66. The van der Waals surface area contributed by atoms with E-state index >= 15 is 0 Å². The Hall–Kier alpha value is -1.46. The number of hydrogen-bond acceptors (Lipinski definition) is 4. The second kappa shape index (κ2) is 3.09. The van der Waals surface area contributed by atoms with Gasteiger partial charge in [0.25, 0.3) is 0 Å². The molecule has 0 amide bonds. The predicted molar refractivity (Wildman–Crippen MR) is 33.1 cm³/mol. The normalized spacial score (nSPS) is 10.1. The van der Waals surface area contributed by atoms with Crippen molar-refractivity contribution in [2.24, 2.45) is 0 Å². The largest absolute Gasteiger partial charge is 0.415 e. The molecule has 0 aromatic carbocycles. The molecule has 6 heteroatoms. The lowest BCUT2D eigenvalue weighted by Gasteiger charge is -2.00. The minimum atomic E-state index is -2.88. The molecule has 0 aliphatic heterocycles. The molecule has 1 rings (SSSR count). The summed E-state index contributed by atoms with van der Waals surface area (Å²) < 4.78 is 26.9. The van der Waals surface area contributed by atoms with Crippen LogP contribution in [0.5, 0.6) is 5.88 Å². The minimum absolute atomic E-state index is 0.159. The standard InChI is InChI=1S/C5H5F2N3O/c6-5(7)11-4-2-9-3(8)1-10-4/h1-2,5H,(H2,8,9). The Kier molecular flexibility index (Phi) is 2.15. The zero-order valence-corrected chi connectivity index (χ0v) is 5.37. The summed E-state index contributed by atoms with van der Waals surface area (Å²) in [6.07, 6.45) is 2.17. The maximum atomic E-state index is 11.5. The summed E-state index contributed by atoms with van der Waals surface area (Å²) in [5.74, 6) is -0.0826. The number of aromatic nitrogens is 2. The molecule has 4 nitrogen and oxygen atoms in total. The summed E-state index contributed by atoms with van der Waals surface area (Å²) in [5.41, 5.74) is 5.14. The van der Waals surface area contributed by atoms with Crippen molar-refractivity contribution < 1.29 is 13.5 Å². The highest BCUT2D eigenvalue weighted by atomic mass is 19.3. The van der Waals surface area contributed by atoms with Crippen molar-refractivity contribution in [1.29, 1.82) is 0 Å². The van der Waals surface area contributed by atoms with E-state index in [9.17, 15) is 8.78 Å². The van der Waals surface area contributed by atoms with E-state index in [2.05, 4.69) is 14.7 Å². The molecule has 0 saturated carbocycles. The summed E-state index contributed by atoms with van der Waals surface area (Å²) in [6.45, 7) is -2.88. The first-order valence-corrected chi connectivity index (χ1v) is 2.71. The van der Waals surface area contributed by atoms with Gasteiger partial charge in [-0.2, -0.15) is 8.78 Å². The van der Waals surface area contributed by atoms with Crippen LogP contribution in [0.3, 0.4) is 0 Å². The summed E-state index contributed by atoms with van der Waals surface area (Å²) in [4.78, 5) is 6.92. The molecule has 1 heterocycles. The second-order valence-electron chi connectivity index (χ2n) is 1.66. The summed E-state index contributed by atoms with van der Waals surface area (Å²) >= 11 is 0. The molecule has 0 atom stereocenters. The molecular weight excluding hydrogens is 156 g/mol. The van der Waals surface area contributed by atoms with Crippen molar-refractivity contribution in [3.05, 3.63) is 12.4 Å².